The number of esters is 1. The highest BCUT2D eigenvalue weighted by molar-refractivity contribution is 9.10. The molecule has 0 atom stereocenters. The van der Waals surface area contributed by atoms with Crippen LogP contribution in [0.3, 0.4) is 0 Å². The van der Waals surface area contributed by atoms with Gasteiger partial charge in [0.05, 0.1) is 11.6 Å². The number of benzene rings is 1. The number of rotatable bonds is 3. The smallest absolute Gasteiger partial charge is 0.313 e. The molecule has 0 saturated heterocycles. The lowest BCUT2D eigenvalue weighted by Gasteiger charge is -2.04. The zero-order valence-electron chi connectivity index (χ0n) is 7.99. The van der Waals surface area contributed by atoms with Crippen LogP contribution in [0.4, 0.5) is 0 Å². The number of methoxy groups -OCH3 is 1. The molecule has 1 rings (SSSR count). The van der Waals surface area contributed by atoms with Crippen LogP contribution in [-0.2, 0) is 9.53 Å². The van der Waals surface area contributed by atoms with Gasteiger partial charge in [-0.2, -0.15) is 0 Å². The molecule has 1 aromatic rings. The standard InChI is InChI=1S/C10H9BrO4/c1-15-9(14)5-8(13)6-3-2-4-7(12)10(6)11/h2-4,12H,5H2,1H3. The fourth-order valence-corrected chi connectivity index (χ4v) is 1.52. The normalized spacial score (nSPS) is 9.73. The molecule has 0 aliphatic heterocycles. The molecule has 5 heteroatoms. The van der Waals surface area contributed by atoms with Gasteiger partial charge in [0, 0.05) is 5.56 Å². The van der Waals surface area contributed by atoms with Gasteiger partial charge in [-0.15, -0.1) is 0 Å². The number of phenols is 1. The Morgan fingerprint density at radius 2 is 2.13 bits per heavy atom. The Morgan fingerprint density at radius 3 is 2.73 bits per heavy atom. The van der Waals surface area contributed by atoms with Gasteiger partial charge in [0.15, 0.2) is 5.78 Å². The maximum absolute atomic E-state index is 11.5. The van der Waals surface area contributed by atoms with Gasteiger partial charge in [0.2, 0.25) is 0 Å². The molecule has 0 spiro atoms. The summed E-state index contributed by atoms with van der Waals surface area (Å²) in [5.41, 5.74) is 0.264. The van der Waals surface area contributed by atoms with Crippen molar-refractivity contribution >= 4 is 27.7 Å². The number of halogens is 1. The monoisotopic (exact) mass is 272 g/mol. The van der Waals surface area contributed by atoms with E-state index in [-0.39, 0.29) is 17.7 Å². The fourth-order valence-electron chi connectivity index (χ4n) is 1.03. The van der Waals surface area contributed by atoms with Gasteiger partial charge in [0.25, 0.3) is 0 Å². The van der Waals surface area contributed by atoms with E-state index in [0.717, 1.165) is 0 Å². The number of ketones is 1. The number of hydrogen-bond acceptors (Lipinski definition) is 4. The Kier molecular flexibility index (Phi) is 3.85. The highest BCUT2D eigenvalue weighted by Gasteiger charge is 2.16. The van der Waals surface area contributed by atoms with Gasteiger partial charge >= 0.3 is 5.97 Å². The van der Waals surface area contributed by atoms with Gasteiger partial charge in [-0.25, -0.2) is 0 Å². The first-order valence-corrected chi connectivity index (χ1v) is 4.93. The number of ether oxygens (including phenoxy) is 1. The van der Waals surface area contributed by atoms with Crippen molar-refractivity contribution in [3.8, 4) is 5.75 Å². The third-order valence-electron chi connectivity index (χ3n) is 1.81. The van der Waals surface area contributed by atoms with Crippen LogP contribution < -0.4 is 0 Å². The quantitative estimate of drug-likeness (QED) is 0.519. The minimum Gasteiger partial charge on any atom is -0.507 e. The first kappa shape index (κ1) is 11.7. The van der Waals surface area contributed by atoms with E-state index < -0.39 is 11.8 Å². The van der Waals surface area contributed by atoms with Crippen molar-refractivity contribution in [1.82, 2.24) is 0 Å². The molecule has 1 N–H and O–H groups in total. The van der Waals surface area contributed by atoms with Crippen molar-refractivity contribution in [2.24, 2.45) is 0 Å². The first-order chi connectivity index (χ1) is 7.06. The van der Waals surface area contributed by atoms with Crippen LogP contribution in [0.5, 0.6) is 5.75 Å². The summed E-state index contributed by atoms with van der Waals surface area (Å²) in [4.78, 5) is 22.4. The Morgan fingerprint density at radius 1 is 1.47 bits per heavy atom. The zero-order valence-corrected chi connectivity index (χ0v) is 9.58. The van der Waals surface area contributed by atoms with Crippen LogP contribution in [0.2, 0.25) is 0 Å². The zero-order chi connectivity index (χ0) is 11.4. The molecule has 0 radical (unpaired) electrons. The lowest BCUT2D eigenvalue weighted by molar-refractivity contribution is -0.139. The summed E-state index contributed by atoms with van der Waals surface area (Å²) in [7, 11) is 1.22. The summed E-state index contributed by atoms with van der Waals surface area (Å²) in [5.74, 6) is -1.04. The maximum atomic E-state index is 11.5. The highest BCUT2D eigenvalue weighted by atomic mass is 79.9. The molecule has 0 heterocycles. The molecule has 0 aliphatic rings. The molecule has 0 aromatic heterocycles. The van der Waals surface area contributed by atoms with Crippen molar-refractivity contribution in [3.63, 3.8) is 0 Å². The number of phenolic OH excluding ortho intramolecular Hbond substituents is 1. The molecule has 1 aromatic carbocycles. The molecule has 0 saturated carbocycles. The summed E-state index contributed by atoms with van der Waals surface area (Å²) in [5, 5.41) is 9.33. The van der Waals surface area contributed by atoms with Crippen molar-refractivity contribution < 1.29 is 19.4 Å². The molecule has 0 aliphatic carbocycles. The Balaban J connectivity index is 2.92. The predicted molar refractivity (Wildman–Crippen MR) is 56.8 cm³/mol. The molecule has 15 heavy (non-hydrogen) atoms. The van der Waals surface area contributed by atoms with Crippen LogP contribution in [0, 0.1) is 0 Å². The number of aromatic hydroxyl groups is 1. The van der Waals surface area contributed by atoms with Crippen LogP contribution in [0.25, 0.3) is 0 Å². The summed E-state index contributed by atoms with van der Waals surface area (Å²) >= 11 is 3.07. The molecule has 80 valence electrons. The van der Waals surface area contributed by atoms with E-state index >= 15 is 0 Å². The number of carbonyl (C=O) groups excluding carboxylic acids is 2. The molecular weight excluding hydrogens is 264 g/mol. The molecule has 0 bridgehead atoms. The van der Waals surface area contributed by atoms with E-state index in [4.69, 9.17) is 0 Å². The average Bonchev–Trinajstić information content (AvgIpc) is 2.21. The lowest BCUT2D eigenvalue weighted by Crippen LogP contribution is -2.09. The minimum atomic E-state index is -0.602. The fraction of sp³-hybridized carbons (Fsp3) is 0.200. The lowest BCUT2D eigenvalue weighted by atomic mass is 10.1. The second-order valence-corrected chi connectivity index (χ2v) is 3.61. The van der Waals surface area contributed by atoms with E-state index in [1.54, 1.807) is 0 Å². The highest BCUT2D eigenvalue weighted by Crippen LogP contribution is 2.27. The third kappa shape index (κ3) is 2.79. The van der Waals surface area contributed by atoms with Gasteiger partial charge in [-0.05, 0) is 28.1 Å². The van der Waals surface area contributed by atoms with Crippen LogP contribution >= 0.6 is 15.9 Å². The first-order valence-electron chi connectivity index (χ1n) is 4.13. The topological polar surface area (TPSA) is 63.6 Å². The van der Waals surface area contributed by atoms with E-state index in [0.29, 0.717) is 4.47 Å². The van der Waals surface area contributed by atoms with Crippen LogP contribution in [-0.4, -0.2) is 24.0 Å². The van der Waals surface area contributed by atoms with Crippen molar-refractivity contribution in [1.29, 1.82) is 0 Å². The molecular formula is C10H9BrO4. The molecule has 0 fully saturated rings. The molecule has 4 nitrogen and oxygen atoms in total. The SMILES string of the molecule is COC(=O)CC(=O)c1cccc(O)c1Br. The summed E-state index contributed by atoms with van der Waals surface area (Å²) in [6, 6.07) is 4.50. The number of Topliss-reactive ketones (excluding diaryl/α,β-unsaturated/α-hetero) is 1. The maximum Gasteiger partial charge on any atom is 0.313 e. The predicted octanol–water partition coefficient (Wildman–Crippen LogP) is 1.90. The average molecular weight is 273 g/mol. The number of carbonyl (C=O) groups is 2. The van der Waals surface area contributed by atoms with Gasteiger partial charge in [0.1, 0.15) is 12.2 Å². The van der Waals surface area contributed by atoms with Crippen LogP contribution in [0.15, 0.2) is 22.7 Å². The van der Waals surface area contributed by atoms with Gasteiger partial charge < -0.3 is 9.84 Å². The Bertz CT molecular complexity index is 400. The van der Waals surface area contributed by atoms with Gasteiger partial charge in [-0.1, -0.05) is 6.07 Å². The summed E-state index contributed by atoms with van der Waals surface area (Å²) < 4.78 is 4.67. The Labute approximate surface area is 95.0 Å². The summed E-state index contributed by atoms with van der Waals surface area (Å²) in [6.07, 6.45) is -0.335. The molecule has 0 amide bonds. The largest absolute Gasteiger partial charge is 0.507 e. The third-order valence-corrected chi connectivity index (χ3v) is 2.64. The van der Waals surface area contributed by atoms with E-state index in [1.165, 1.54) is 25.3 Å². The van der Waals surface area contributed by atoms with E-state index in [9.17, 15) is 14.7 Å². The Hall–Kier alpha value is -1.36. The minimum absolute atomic E-state index is 0.0364. The summed E-state index contributed by atoms with van der Waals surface area (Å²) in [6.45, 7) is 0. The second kappa shape index (κ2) is 4.93. The number of hydrogen-bond donors (Lipinski definition) is 1. The van der Waals surface area contributed by atoms with E-state index in [2.05, 4.69) is 20.7 Å². The van der Waals surface area contributed by atoms with E-state index in [1.807, 2.05) is 0 Å². The second-order valence-electron chi connectivity index (χ2n) is 2.81. The molecule has 0 unspecified atom stereocenters. The van der Waals surface area contributed by atoms with Crippen molar-refractivity contribution in [2.75, 3.05) is 7.11 Å². The van der Waals surface area contributed by atoms with Crippen molar-refractivity contribution in [3.05, 3.63) is 28.2 Å². The van der Waals surface area contributed by atoms with Crippen LogP contribution in [0.1, 0.15) is 16.8 Å². The van der Waals surface area contributed by atoms with Crippen molar-refractivity contribution in [2.45, 2.75) is 6.42 Å². The van der Waals surface area contributed by atoms with Gasteiger partial charge in [-0.3, -0.25) is 9.59 Å².